The van der Waals surface area contributed by atoms with Gasteiger partial charge in [0.25, 0.3) is 5.91 Å². The van der Waals surface area contributed by atoms with Gasteiger partial charge in [-0.15, -0.1) is 0 Å². The summed E-state index contributed by atoms with van der Waals surface area (Å²) in [5.41, 5.74) is 0.289. The molecule has 0 aromatic heterocycles. The van der Waals surface area contributed by atoms with Gasteiger partial charge in [-0.3, -0.25) is 9.59 Å². The lowest BCUT2D eigenvalue weighted by Crippen LogP contribution is -2.36. The first-order valence-electron chi connectivity index (χ1n) is 6.42. The van der Waals surface area contributed by atoms with E-state index in [0.29, 0.717) is 12.3 Å². The van der Waals surface area contributed by atoms with Crippen molar-refractivity contribution in [1.29, 1.82) is 0 Å². The molecule has 0 atom stereocenters. The zero-order chi connectivity index (χ0) is 16.0. The average molecular weight is 334 g/mol. The molecule has 0 unspecified atom stereocenters. The maximum absolute atomic E-state index is 12.4. The van der Waals surface area contributed by atoms with Crippen molar-refractivity contribution in [2.75, 3.05) is 26.8 Å². The van der Waals surface area contributed by atoms with Crippen LogP contribution in [0.2, 0.25) is 10.0 Å². The van der Waals surface area contributed by atoms with E-state index >= 15 is 0 Å². The van der Waals surface area contributed by atoms with E-state index in [-0.39, 0.29) is 34.7 Å². The quantitative estimate of drug-likeness (QED) is 0.751. The molecule has 0 saturated carbocycles. The number of benzene rings is 1. The summed E-state index contributed by atoms with van der Waals surface area (Å²) in [6.07, 6.45) is 0. The Morgan fingerprint density at radius 2 is 1.76 bits per heavy atom. The van der Waals surface area contributed by atoms with Crippen molar-refractivity contribution in [2.45, 2.75) is 13.8 Å². The van der Waals surface area contributed by atoms with Crippen molar-refractivity contribution in [2.24, 2.45) is 0 Å². The van der Waals surface area contributed by atoms with Crippen LogP contribution < -0.4 is 4.74 Å². The highest BCUT2D eigenvalue weighted by molar-refractivity contribution is 6.37. The summed E-state index contributed by atoms with van der Waals surface area (Å²) in [6, 6.07) is 2.92. The zero-order valence-electron chi connectivity index (χ0n) is 12.1. The molecule has 1 aromatic carbocycles. The van der Waals surface area contributed by atoms with Crippen molar-refractivity contribution in [3.05, 3.63) is 27.7 Å². The predicted molar refractivity (Wildman–Crippen MR) is 81.2 cm³/mol. The monoisotopic (exact) mass is 333 g/mol. The third-order valence-corrected chi connectivity index (χ3v) is 3.31. The Labute approximate surface area is 133 Å². The minimum absolute atomic E-state index is 0.121. The van der Waals surface area contributed by atoms with E-state index in [1.807, 2.05) is 0 Å². The van der Waals surface area contributed by atoms with Crippen LogP contribution in [0.1, 0.15) is 24.2 Å². The maximum atomic E-state index is 12.4. The molecule has 1 rings (SSSR count). The molecule has 0 aliphatic heterocycles. The second-order valence-corrected chi connectivity index (χ2v) is 4.91. The van der Waals surface area contributed by atoms with E-state index in [1.165, 1.54) is 24.1 Å². The summed E-state index contributed by atoms with van der Waals surface area (Å²) in [7, 11) is 1.44. The number of halogens is 2. The first-order valence-corrected chi connectivity index (χ1v) is 7.18. The van der Waals surface area contributed by atoms with E-state index in [1.54, 1.807) is 13.8 Å². The van der Waals surface area contributed by atoms with Gasteiger partial charge in [0, 0.05) is 12.1 Å². The van der Waals surface area contributed by atoms with Crippen LogP contribution in [0.25, 0.3) is 0 Å². The lowest BCUT2D eigenvalue weighted by Gasteiger charge is -2.20. The number of nitrogens with zero attached hydrogens (tertiary/aromatic N) is 1. The minimum Gasteiger partial charge on any atom is -0.494 e. The van der Waals surface area contributed by atoms with Gasteiger partial charge >= 0.3 is 5.97 Å². The number of rotatable bonds is 6. The van der Waals surface area contributed by atoms with Gasteiger partial charge in [0.05, 0.1) is 23.8 Å². The highest BCUT2D eigenvalue weighted by Gasteiger charge is 2.20. The number of likely N-dealkylation sites (N-methyl/N-ethyl adjacent to an activating group) is 1. The smallest absolute Gasteiger partial charge is 0.325 e. The Bertz CT molecular complexity index is 511. The molecule has 0 radical (unpaired) electrons. The van der Waals surface area contributed by atoms with E-state index in [0.717, 1.165) is 0 Å². The Morgan fingerprint density at radius 3 is 2.19 bits per heavy atom. The fourth-order valence-corrected chi connectivity index (χ4v) is 2.39. The van der Waals surface area contributed by atoms with Crippen LogP contribution in [0, 0.1) is 0 Å². The van der Waals surface area contributed by atoms with Gasteiger partial charge in [0.1, 0.15) is 6.54 Å². The highest BCUT2D eigenvalue weighted by atomic mass is 35.5. The molecule has 0 saturated heterocycles. The number of amides is 1. The van der Waals surface area contributed by atoms with E-state index < -0.39 is 5.97 Å². The summed E-state index contributed by atoms with van der Waals surface area (Å²) >= 11 is 12.0. The molecule has 116 valence electrons. The third-order valence-electron chi connectivity index (χ3n) is 2.74. The predicted octanol–water partition coefficient (Wildman–Crippen LogP) is 3.03. The molecule has 0 aliphatic carbocycles. The second kappa shape index (κ2) is 8.10. The van der Waals surface area contributed by atoms with Gasteiger partial charge in [-0.1, -0.05) is 23.2 Å². The second-order valence-electron chi connectivity index (χ2n) is 4.10. The number of hydrogen-bond donors (Lipinski definition) is 0. The molecule has 0 aliphatic rings. The van der Waals surface area contributed by atoms with Gasteiger partial charge in [0.2, 0.25) is 0 Å². The van der Waals surface area contributed by atoms with Crippen molar-refractivity contribution in [1.82, 2.24) is 4.90 Å². The molecule has 0 fully saturated rings. The highest BCUT2D eigenvalue weighted by Crippen LogP contribution is 2.34. The van der Waals surface area contributed by atoms with E-state index in [4.69, 9.17) is 32.7 Å². The third kappa shape index (κ3) is 4.51. The maximum Gasteiger partial charge on any atom is 0.325 e. The van der Waals surface area contributed by atoms with Gasteiger partial charge in [-0.05, 0) is 26.0 Å². The molecule has 0 bridgehead atoms. The van der Waals surface area contributed by atoms with Gasteiger partial charge in [-0.25, -0.2) is 0 Å². The first-order chi connectivity index (χ1) is 9.94. The standard InChI is InChI=1S/C14H17Cl2NO4/c1-4-17(8-12(18)21-5-2)14(19)9-6-10(15)13(20-3)11(16)7-9/h6-7H,4-5,8H2,1-3H3. The summed E-state index contributed by atoms with van der Waals surface area (Å²) in [5, 5.41) is 0.473. The number of ether oxygens (including phenoxy) is 2. The first kappa shape index (κ1) is 17.6. The summed E-state index contributed by atoms with van der Waals surface area (Å²) in [6.45, 7) is 3.98. The fraction of sp³-hybridized carbons (Fsp3) is 0.429. The number of carbonyl (C=O) groups excluding carboxylic acids is 2. The number of esters is 1. The molecular weight excluding hydrogens is 317 g/mol. The summed E-state index contributed by atoms with van der Waals surface area (Å²) in [4.78, 5) is 25.2. The van der Waals surface area contributed by atoms with Crippen LogP contribution in [-0.4, -0.2) is 43.6 Å². The van der Waals surface area contributed by atoms with Crippen LogP contribution >= 0.6 is 23.2 Å². The molecule has 1 aromatic rings. The molecule has 0 N–H and O–H groups in total. The van der Waals surface area contributed by atoms with Crippen molar-refractivity contribution >= 4 is 35.1 Å². The molecule has 5 nitrogen and oxygen atoms in total. The zero-order valence-corrected chi connectivity index (χ0v) is 13.6. The van der Waals surface area contributed by atoms with Crippen LogP contribution in [0.15, 0.2) is 12.1 Å². The lowest BCUT2D eigenvalue weighted by atomic mass is 10.2. The molecule has 1 amide bonds. The Hall–Kier alpha value is -1.46. The summed E-state index contributed by atoms with van der Waals surface area (Å²) in [5.74, 6) is -0.501. The Morgan fingerprint density at radius 1 is 1.19 bits per heavy atom. The normalized spacial score (nSPS) is 10.1. The minimum atomic E-state index is -0.460. The average Bonchev–Trinajstić information content (AvgIpc) is 2.44. The van der Waals surface area contributed by atoms with Crippen LogP contribution in [-0.2, 0) is 9.53 Å². The van der Waals surface area contributed by atoms with Crippen LogP contribution in [0.3, 0.4) is 0 Å². The Kier molecular flexibility index (Phi) is 6.78. The molecule has 0 spiro atoms. The van der Waals surface area contributed by atoms with E-state index in [2.05, 4.69) is 0 Å². The number of methoxy groups -OCH3 is 1. The molecule has 21 heavy (non-hydrogen) atoms. The Balaban J connectivity index is 2.98. The molecular formula is C14H17Cl2NO4. The SMILES string of the molecule is CCOC(=O)CN(CC)C(=O)c1cc(Cl)c(OC)c(Cl)c1. The van der Waals surface area contributed by atoms with Crippen LogP contribution in [0.5, 0.6) is 5.75 Å². The molecule has 7 heteroatoms. The lowest BCUT2D eigenvalue weighted by molar-refractivity contribution is -0.143. The van der Waals surface area contributed by atoms with Crippen molar-refractivity contribution < 1.29 is 19.1 Å². The largest absolute Gasteiger partial charge is 0.494 e. The van der Waals surface area contributed by atoms with E-state index in [9.17, 15) is 9.59 Å². The van der Waals surface area contributed by atoms with Crippen LogP contribution in [0.4, 0.5) is 0 Å². The van der Waals surface area contributed by atoms with Crippen molar-refractivity contribution in [3.8, 4) is 5.75 Å². The fourth-order valence-electron chi connectivity index (χ4n) is 1.75. The van der Waals surface area contributed by atoms with Gasteiger partial charge in [0.15, 0.2) is 5.75 Å². The summed E-state index contributed by atoms with van der Waals surface area (Å²) < 4.78 is 9.87. The number of hydrogen-bond acceptors (Lipinski definition) is 4. The van der Waals surface area contributed by atoms with Crippen molar-refractivity contribution in [3.63, 3.8) is 0 Å². The van der Waals surface area contributed by atoms with Gasteiger partial charge in [-0.2, -0.15) is 0 Å². The topological polar surface area (TPSA) is 55.8 Å². The molecule has 0 heterocycles. The number of carbonyl (C=O) groups is 2. The van der Waals surface area contributed by atoms with Gasteiger partial charge < -0.3 is 14.4 Å².